The first-order chi connectivity index (χ1) is 8.52. The third-order valence-electron chi connectivity index (χ3n) is 2.21. The summed E-state index contributed by atoms with van der Waals surface area (Å²) in [6, 6.07) is -0.267. The molecule has 2 aromatic heterocycles. The molecule has 0 bridgehead atoms. The van der Waals surface area contributed by atoms with E-state index in [9.17, 15) is 4.79 Å². The lowest BCUT2D eigenvalue weighted by Gasteiger charge is -2.04. The summed E-state index contributed by atoms with van der Waals surface area (Å²) in [6.45, 7) is 3.59. The molecule has 2 rings (SSSR count). The molecule has 0 saturated heterocycles. The Morgan fingerprint density at radius 1 is 1.61 bits per heavy atom. The van der Waals surface area contributed by atoms with Crippen molar-refractivity contribution in [3.8, 4) is 5.13 Å². The van der Waals surface area contributed by atoms with E-state index in [0.717, 1.165) is 0 Å². The minimum absolute atomic E-state index is 0.267. The zero-order valence-electron chi connectivity index (χ0n) is 10.2. The number of methoxy groups -OCH3 is 1. The van der Waals surface area contributed by atoms with Gasteiger partial charge in [-0.05, 0) is 13.8 Å². The van der Waals surface area contributed by atoms with E-state index < -0.39 is 5.97 Å². The van der Waals surface area contributed by atoms with Gasteiger partial charge in [-0.1, -0.05) is 11.3 Å². The average molecular weight is 267 g/mol. The molecule has 0 aromatic carbocycles. The van der Waals surface area contributed by atoms with Crippen LogP contribution in [0.15, 0.2) is 6.20 Å². The Kier molecular flexibility index (Phi) is 3.39. The van der Waals surface area contributed by atoms with Crippen molar-refractivity contribution < 1.29 is 9.53 Å². The van der Waals surface area contributed by atoms with Crippen LogP contribution >= 0.6 is 11.3 Å². The lowest BCUT2D eigenvalue weighted by Crippen LogP contribution is -2.13. The Morgan fingerprint density at radius 2 is 2.33 bits per heavy atom. The third-order valence-corrected chi connectivity index (χ3v) is 3.16. The van der Waals surface area contributed by atoms with Gasteiger partial charge in [-0.2, -0.15) is 4.68 Å². The number of rotatable bonds is 3. The van der Waals surface area contributed by atoms with E-state index in [1.807, 2.05) is 6.92 Å². The molecular formula is C10H13N5O2S. The van der Waals surface area contributed by atoms with Gasteiger partial charge in [0.15, 0.2) is 5.82 Å². The number of aromatic nitrogens is 4. The van der Waals surface area contributed by atoms with E-state index in [1.165, 1.54) is 24.6 Å². The first kappa shape index (κ1) is 12.7. The van der Waals surface area contributed by atoms with Crippen molar-refractivity contribution in [1.29, 1.82) is 0 Å². The highest BCUT2D eigenvalue weighted by molar-refractivity contribution is 7.15. The van der Waals surface area contributed by atoms with Crippen LogP contribution in [0.5, 0.6) is 0 Å². The summed E-state index contributed by atoms with van der Waals surface area (Å²) in [5.41, 5.74) is 5.82. The summed E-state index contributed by atoms with van der Waals surface area (Å²) in [5, 5.41) is 4.77. The second-order valence-corrected chi connectivity index (χ2v) is 4.73. The molecule has 1 atom stereocenters. The zero-order chi connectivity index (χ0) is 13.3. The monoisotopic (exact) mass is 267 g/mol. The SMILES string of the molecule is COC(=O)c1cnc(-n2nc(C)nc2C(C)N)s1. The molecule has 0 aliphatic carbocycles. The fraction of sp³-hybridized carbons (Fsp3) is 0.400. The summed E-state index contributed by atoms with van der Waals surface area (Å²) in [4.78, 5) is 20.1. The molecule has 0 radical (unpaired) electrons. The van der Waals surface area contributed by atoms with Gasteiger partial charge in [-0.25, -0.2) is 14.8 Å². The van der Waals surface area contributed by atoms with Crippen LogP contribution in [0.2, 0.25) is 0 Å². The molecule has 0 aliphatic heterocycles. The van der Waals surface area contributed by atoms with Gasteiger partial charge >= 0.3 is 5.97 Å². The largest absolute Gasteiger partial charge is 0.465 e. The summed E-state index contributed by atoms with van der Waals surface area (Å²) >= 11 is 1.18. The van der Waals surface area contributed by atoms with E-state index in [4.69, 9.17) is 5.73 Å². The number of carbonyl (C=O) groups is 1. The van der Waals surface area contributed by atoms with Crippen LogP contribution in [0.25, 0.3) is 5.13 Å². The van der Waals surface area contributed by atoms with Crippen molar-refractivity contribution in [2.45, 2.75) is 19.9 Å². The number of thiazole rings is 1. The Morgan fingerprint density at radius 3 is 2.94 bits per heavy atom. The quantitative estimate of drug-likeness (QED) is 0.828. The van der Waals surface area contributed by atoms with Gasteiger partial charge in [0.05, 0.1) is 19.3 Å². The van der Waals surface area contributed by atoms with Crippen LogP contribution in [0.4, 0.5) is 0 Å². The molecule has 0 aliphatic rings. The molecule has 2 N–H and O–H groups in total. The van der Waals surface area contributed by atoms with Crippen molar-refractivity contribution in [2.75, 3.05) is 7.11 Å². The van der Waals surface area contributed by atoms with Gasteiger partial charge in [0.25, 0.3) is 0 Å². The molecule has 0 amide bonds. The maximum atomic E-state index is 11.4. The van der Waals surface area contributed by atoms with Crippen LogP contribution in [0, 0.1) is 6.92 Å². The highest BCUT2D eigenvalue weighted by atomic mass is 32.1. The fourth-order valence-corrected chi connectivity index (χ4v) is 2.22. The number of esters is 1. The summed E-state index contributed by atoms with van der Waals surface area (Å²) < 4.78 is 6.18. The van der Waals surface area contributed by atoms with Crippen molar-refractivity contribution in [3.05, 3.63) is 22.7 Å². The second-order valence-electron chi connectivity index (χ2n) is 3.72. The fourth-order valence-electron chi connectivity index (χ4n) is 1.42. The highest BCUT2D eigenvalue weighted by Crippen LogP contribution is 2.20. The molecular weight excluding hydrogens is 254 g/mol. The number of nitrogens with zero attached hydrogens (tertiary/aromatic N) is 4. The summed E-state index contributed by atoms with van der Waals surface area (Å²) in [7, 11) is 1.33. The lowest BCUT2D eigenvalue weighted by molar-refractivity contribution is 0.0606. The second kappa shape index (κ2) is 4.83. The predicted molar refractivity (Wildman–Crippen MR) is 65.7 cm³/mol. The van der Waals surface area contributed by atoms with Gasteiger partial charge in [0, 0.05) is 0 Å². The van der Waals surface area contributed by atoms with Crippen LogP contribution in [0.3, 0.4) is 0 Å². The predicted octanol–water partition coefficient (Wildman–Crippen LogP) is 0.839. The van der Waals surface area contributed by atoms with E-state index in [0.29, 0.717) is 21.7 Å². The van der Waals surface area contributed by atoms with Crippen molar-refractivity contribution >= 4 is 17.3 Å². The number of carbonyl (C=O) groups excluding carboxylic acids is 1. The van der Waals surface area contributed by atoms with E-state index in [-0.39, 0.29) is 6.04 Å². The topological polar surface area (TPSA) is 95.9 Å². The molecule has 18 heavy (non-hydrogen) atoms. The van der Waals surface area contributed by atoms with Crippen LogP contribution in [0.1, 0.15) is 34.3 Å². The summed E-state index contributed by atoms with van der Waals surface area (Å²) in [5.74, 6) is 0.799. The molecule has 2 aromatic rings. The number of aryl methyl sites for hydroxylation is 1. The normalized spacial score (nSPS) is 12.4. The van der Waals surface area contributed by atoms with Crippen molar-refractivity contribution in [1.82, 2.24) is 19.7 Å². The minimum atomic E-state index is -0.419. The maximum Gasteiger partial charge on any atom is 0.349 e. The number of hydrogen-bond donors (Lipinski definition) is 1. The average Bonchev–Trinajstić information content (AvgIpc) is 2.93. The van der Waals surface area contributed by atoms with Gasteiger partial charge in [0.1, 0.15) is 10.7 Å². The Hall–Kier alpha value is -1.80. The van der Waals surface area contributed by atoms with Crippen LogP contribution in [-0.4, -0.2) is 32.8 Å². The smallest absolute Gasteiger partial charge is 0.349 e. The molecule has 1 unspecified atom stereocenters. The van der Waals surface area contributed by atoms with Gasteiger partial charge in [-0.3, -0.25) is 0 Å². The van der Waals surface area contributed by atoms with Gasteiger partial charge < -0.3 is 10.5 Å². The van der Waals surface area contributed by atoms with E-state index in [1.54, 1.807) is 11.6 Å². The van der Waals surface area contributed by atoms with Crippen molar-refractivity contribution in [2.24, 2.45) is 5.73 Å². The number of ether oxygens (including phenoxy) is 1. The first-order valence-corrected chi connectivity index (χ1v) is 6.08. The standard InChI is InChI=1S/C10H13N5O2S/c1-5(11)8-13-6(2)14-15(8)10-12-4-7(18-10)9(16)17-3/h4-5H,11H2,1-3H3. The molecule has 0 saturated carbocycles. The van der Waals surface area contributed by atoms with E-state index in [2.05, 4.69) is 19.8 Å². The lowest BCUT2D eigenvalue weighted by atomic mass is 10.3. The first-order valence-electron chi connectivity index (χ1n) is 5.26. The Bertz CT molecular complexity index is 575. The van der Waals surface area contributed by atoms with Crippen molar-refractivity contribution in [3.63, 3.8) is 0 Å². The maximum absolute atomic E-state index is 11.4. The zero-order valence-corrected chi connectivity index (χ0v) is 11.1. The third kappa shape index (κ3) is 2.24. The molecule has 8 heteroatoms. The van der Waals surface area contributed by atoms with E-state index >= 15 is 0 Å². The van der Waals surface area contributed by atoms with Gasteiger partial charge in [-0.15, -0.1) is 5.10 Å². The molecule has 0 spiro atoms. The Labute approximate surface area is 108 Å². The highest BCUT2D eigenvalue weighted by Gasteiger charge is 2.17. The van der Waals surface area contributed by atoms with Crippen LogP contribution < -0.4 is 5.73 Å². The molecule has 96 valence electrons. The Balaban J connectivity index is 2.42. The molecule has 2 heterocycles. The minimum Gasteiger partial charge on any atom is -0.465 e. The van der Waals surface area contributed by atoms with Crippen LogP contribution in [-0.2, 0) is 4.74 Å². The number of nitrogens with two attached hydrogens (primary N) is 1. The van der Waals surface area contributed by atoms with Gasteiger partial charge in [0.2, 0.25) is 5.13 Å². The summed E-state index contributed by atoms with van der Waals surface area (Å²) in [6.07, 6.45) is 1.45. The number of hydrogen-bond acceptors (Lipinski definition) is 7. The molecule has 7 nitrogen and oxygen atoms in total. The molecule has 0 fully saturated rings.